The predicted octanol–water partition coefficient (Wildman–Crippen LogP) is 4.10. The number of aliphatic hydroxyl groups excluding tert-OH is 1. The van der Waals surface area contributed by atoms with E-state index in [1.54, 1.807) is 44.9 Å². The molecule has 2 saturated heterocycles. The number of aliphatic imine (C=N–C) groups is 1. The van der Waals surface area contributed by atoms with Crippen molar-refractivity contribution in [1.82, 2.24) is 19.7 Å². The van der Waals surface area contributed by atoms with Crippen LogP contribution < -0.4 is 0 Å². The van der Waals surface area contributed by atoms with Crippen molar-refractivity contribution in [3.05, 3.63) is 65.3 Å². The summed E-state index contributed by atoms with van der Waals surface area (Å²) in [6.45, 7) is 3.20. The fourth-order valence-electron chi connectivity index (χ4n) is 4.71. The first-order chi connectivity index (χ1) is 18.9. The van der Waals surface area contributed by atoms with E-state index in [9.17, 15) is 19.5 Å². The Hall–Kier alpha value is -3.02. The molecule has 0 aliphatic carbocycles. The van der Waals surface area contributed by atoms with Crippen molar-refractivity contribution in [3.63, 3.8) is 0 Å². The lowest BCUT2D eigenvalue weighted by Crippen LogP contribution is -2.56. The Morgan fingerprint density at radius 1 is 1.18 bits per heavy atom. The molecule has 2 aromatic rings. The van der Waals surface area contributed by atoms with Gasteiger partial charge in [-0.2, -0.15) is 0 Å². The van der Waals surface area contributed by atoms with Crippen LogP contribution in [0.15, 0.2) is 75.0 Å². The van der Waals surface area contributed by atoms with E-state index in [4.69, 9.17) is 11.6 Å². The molecule has 3 amide bonds. The molecule has 12 heteroatoms. The number of pyridine rings is 1. The van der Waals surface area contributed by atoms with Gasteiger partial charge in [0.05, 0.1) is 16.8 Å². The summed E-state index contributed by atoms with van der Waals surface area (Å²) in [7, 11) is 0. The van der Waals surface area contributed by atoms with Crippen molar-refractivity contribution in [2.75, 3.05) is 37.7 Å². The number of nitrogens with zero attached hydrogens (tertiary/aromatic N) is 5. The van der Waals surface area contributed by atoms with Crippen molar-refractivity contribution >= 4 is 59.2 Å². The summed E-state index contributed by atoms with van der Waals surface area (Å²) in [5.74, 6) is 0.566. The summed E-state index contributed by atoms with van der Waals surface area (Å²) in [6, 6.07) is 10.7. The molecule has 0 radical (unpaired) electrons. The molecule has 1 aromatic heterocycles. The number of carbonyl (C=O) groups is 3. The molecule has 1 N–H and O–H groups in total. The Morgan fingerprint density at radius 3 is 2.67 bits per heavy atom. The predicted molar refractivity (Wildman–Crippen MR) is 154 cm³/mol. The van der Waals surface area contributed by atoms with Gasteiger partial charge in [-0.3, -0.25) is 19.4 Å². The molecule has 4 rings (SSSR count). The van der Waals surface area contributed by atoms with Crippen molar-refractivity contribution in [2.45, 2.75) is 35.6 Å². The summed E-state index contributed by atoms with van der Waals surface area (Å²) in [5, 5.41) is 11.1. The van der Waals surface area contributed by atoms with Crippen LogP contribution >= 0.6 is 35.1 Å². The first kappa shape index (κ1) is 29.0. The van der Waals surface area contributed by atoms with Gasteiger partial charge in [0.15, 0.2) is 0 Å². The first-order valence-corrected chi connectivity index (χ1v) is 14.9. The molecule has 206 valence electrons. The van der Waals surface area contributed by atoms with Gasteiger partial charge in [-0.15, -0.1) is 23.5 Å². The van der Waals surface area contributed by atoms with E-state index < -0.39 is 6.04 Å². The highest BCUT2D eigenvalue weighted by molar-refractivity contribution is 8.00. The van der Waals surface area contributed by atoms with E-state index in [1.165, 1.54) is 18.7 Å². The minimum absolute atomic E-state index is 0.0838. The fraction of sp³-hybridized carbons (Fsp3) is 0.370. The minimum Gasteiger partial charge on any atom is -0.510 e. The number of aliphatic hydroxyl groups is 1. The molecule has 1 atom stereocenters. The van der Waals surface area contributed by atoms with E-state index in [0.717, 1.165) is 16.2 Å². The van der Waals surface area contributed by atoms with Gasteiger partial charge in [0.2, 0.25) is 12.3 Å². The van der Waals surface area contributed by atoms with Crippen LogP contribution in [0, 0.1) is 0 Å². The summed E-state index contributed by atoms with van der Waals surface area (Å²) in [4.78, 5) is 53.3. The molecule has 0 bridgehead atoms. The molecule has 1 aromatic carbocycles. The monoisotopic (exact) mass is 587 g/mol. The second-order valence-electron chi connectivity index (χ2n) is 8.97. The van der Waals surface area contributed by atoms with Gasteiger partial charge in [-0.05, 0) is 44.0 Å². The lowest BCUT2D eigenvalue weighted by atomic mass is 10.1. The van der Waals surface area contributed by atoms with Gasteiger partial charge < -0.3 is 19.8 Å². The molecule has 2 fully saturated rings. The number of thioether (sulfide) groups is 2. The standard InChI is InChI=1S/C27H30ClN5O4S2/c1-19(35)25-27(37)31(15-16-38-20-8-10-29-11-9-20)13-14-33(25)26(30-18-34)22-6-4-12-32(22)24(36)17-39-23-7-3-2-5-21(23)28/h2-3,5,7-11,18,22,35H,4,6,12-17H2,1H3/b25-19+,30-26?. The van der Waals surface area contributed by atoms with E-state index >= 15 is 0 Å². The van der Waals surface area contributed by atoms with Gasteiger partial charge >= 0.3 is 0 Å². The molecule has 1 unspecified atom stereocenters. The van der Waals surface area contributed by atoms with Crippen LogP contribution in [0.5, 0.6) is 0 Å². The summed E-state index contributed by atoms with van der Waals surface area (Å²) < 4.78 is 0. The highest BCUT2D eigenvalue weighted by Gasteiger charge is 2.40. The molecule has 0 saturated carbocycles. The molecular formula is C27H30ClN5O4S2. The minimum atomic E-state index is -0.481. The Labute approximate surface area is 241 Å². The number of hydrogen-bond donors (Lipinski definition) is 1. The molecular weight excluding hydrogens is 558 g/mol. The van der Waals surface area contributed by atoms with Crippen molar-refractivity contribution < 1.29 is 19.5 Å². The first-order valence-electron chi connectivity index (χ1n) is 12.6. The third kappa shape index (κ3) is 7.14. The van der Waals surface area contributed by atoms with Crippen LogP contribution in [0.1, 0.15) is 19.8 Å². The number of amides is 3. The number of hydrogen-bond acceptors (Lipinski definition) is 7. The number of piperazine rings is 1. The second-order valence-corrected chi connectivity index (χ2v) is 11.6. The van der Waals surface area contributed by atoms with Gasteiger partial charge in [0.25, 0.3) is 5.91 Å². The van der Waals surface area contributed by atoms with Crippen LogP contribution in [0.4, 0.5) is 0 Å². The van der Waals surface area contributed by atoms with Crippen LogP contribution in [0.25, 0.3) is 0 Å². The lowest BCUT2D eigenvalue weighted by Gasteiger charge is -2.40. The average Bonchev–Trinajstić information content (AvgIpc) is 3.42. The molecule has 0 spiro atoms. The van der Waals surface area contributed by atoms with Crippen molar-refractivity contribution in [2.24, 2.45) is 4.99 Å². The smallest absolute Gasteiger partial charge is 0.274 e. The fourth-order valence-corrected chi connectivity index (χ4v) is 6.69. The van der Waals surface area contributed by atoms with E-state index in [-0.39, 0.29) is 29.0 Å². The Balaban J connectivity index is 1.46. The zero-order chi connectivity index (χ0) is 27.8. The van der Waals surface area contributed by atoms with Crippen LogP contribution in [0.3, 0.4) is 0 Å². The number of amidine groups is 1. The topological polar surface area (TPSA) is 106 Å². The number of likely N-dealkylation sites (tertiary alicyclic amines) is 1. The summed E-state index contributed by atoms with van der Waals surface area (Å²) in [5.41, 5.74) is 0.0838. The van der Waals surface area contributed by atoms with Gasteiger partial charge in [-0.25, -0.2) is 4.99 Å². The van der Waals surface area contributed by atoms with Gasteiger partial charge in [0.1, 0.15) is 17.3 Å². The second kappa shape index (κ2) is 13.9. The van der Waals surface area contributed by atoms with E-state index in [1.807, 2.05) is 30.3 Å². The lowest BCUT2D eigenvalue weighted by molar-refractivity contribution is -0.130. The van der Waals surface area contributed by atoms with Crippen molar-refractivity contribution in [3.8, 4) is 0 Å². The number of allylic oxidation sites excluding steroid dienone is 1. The van der Waals surface area contributed by atoms with Crippen LogP contribution in [-0.2, 0) is 14.4 Å². The normalized spacial score (nSPS) is 19.4. The van der Waals surface area contributed by atoms with Gasteiger partial charge in [-0.1, -0.05) is 23.7 Å². The number of carbonyl (C=O) groups excluding carboxylic acids is 3. The maximum absolute atomic E-state index is 13.5. The summed E-state index contributed by atoms with van der Waals surface area (Å²) >= 11 is 9.22. The molecule has 9 nitrogen and oxygen atoms in total. The molecule has 39 heavy (non-hydrogen) atoms. The van der Waals surface area contributed by atoms with Crippen LogP contribution in [0.2, 0.25) is 5.02 Å². The highest BCUT2D eigenvalue weighted by atomic mass is 35.5. The Kier molecular flexibility index (Phi) is 10.3. The van der Waals surface area contributed by atoms with Gasteiger partial charge in [0, 0.05) is 54.1 Å². The number of rotatable bonds is 9. The quantitative estimate of drug-likeness (QED) is 0.117. The number of halogens is 1. The van der Waals surface area contributed by atoms with Crippen LogP contribution in [-0.4, -0.2) is 92.6 Å². The molecule has 3 heterocycles. The zero-order valence-electron chi connectivity index (χ0n) is 21.5. The molecule has 2 aliphatic rings. The molecule has 2 aliphatic heterocycles. The Bertz CT molecular complexity index is 1260. The Morgan fingerprint density at radius 2 is 1.95 bits per heavy atom. The maximum Gasteiger partial charge on any atom is 0.274 e. The number of aromatic nitrogens is 1. The SMILES string of the molecule is C/C(O)=C1/C(=O)N(CCSc2ccncc2)CCN1C(=NC=O)C1CCCN1C(=O)CSc1ccccc1Cl. The largest absolute Gasteiger partial charge is 0.510 e. The highest BCUT2D eigenvalue weighted by Crippen LogP contribution is 2.30. The third-order valence-electron chi connectivity index (χ3n) is 6.50. The number of benzene rings is 1. The van der Waals surface area contributed by atoms with Crippen molar-refractivity contribution in [1.29, 1.82) is 0 Å². The van der Waals surface area contributed by atoms with E-state index in [2.05, 4.69) is 9.98 Å². The van der Waals surface area contributed by atoms with E-state index in [0.29, 0.717) is 55.6 Å². The maximum atomic E-state index is 13.5. The third-order valence-corrected chi connectivity index (χ3v) is 8.99. The zero-order valence-corrected chi connectivity index (χ0v) is 23.9. The summed E-state index contributed by atoms with van der Waals surface area (Å²) in [6.07, 6.45) is 5.22. The average molecular weight is 588 g/mol.